The van der Waals surface area contributed by atoms with E-state index in [-0.39, 0.29) is 19.4 Å². The smallest absolute Gasteiger partial charge is 0.462 e. The number of esters is 2. The highest BCUT2D eigenvalue weighted by Gasteiger charge is 2.36. The zero-order valence-electron chi connectivity index (χ0n) is 27.9. The van der Waals surface area contributed by atoms with Gasteiger partial charge in [0.1, 0.15) is 6.61 Å². The maximum atomic E-state index is 12.3. The third kappa shape index (κ3) is 25.0. The first-order valence-corrected chi connectivity index (χ1v) is 19.0. The van der Waals surface area contributed by atoms with Gasteiger partial charge in [0.25, 0.3) is 0 Å². The number of carbonyl (C=O) groups excluding carboxylic acids is 2. The molecule has 1 rings (SSSR count). The fourth-order valence-corrected chi connectivity index (χ4v) is 5.48. The molecule has 0 saturated carbocycles. The van der Waals surface area contributed by atoms with E-state index in [4.69, 9.17) is 24.0 Å². The predicted octanol–water partition coefficient (Wildman–Crippen LogP) is 8.74. The van der Waals surface area contributed by atoms with E-state index in [2.05, 4.69) is 37.4 Å². The quantitative estimate of drug-likeness (QED) is 0.0258. The number of epoxide rings is 1. The van der Waals surface area contributed by atoms with Crippen LogP contribution in [0.15, 0.2) is 12.2 Å². The number of phosphoric acid groups is 1. The van der Waals surface area contributed by atoms with Crippen LogP contribution in [0.2, 0.25) is 0 Å². The second-order valence-electron chi connectivity index (χ2n) is 12.5. The summed E-state index contributed by atoms with van der Waals surface area (Å²) in [6, 6.07) is 0. The van der Waals surface area contributed by atoms with Crippen molar-refractivity contribution in [3.63, 3.8) is 0 Å². The van der Waals surface area contributed by atoms with Crippen molar-refractivity contribution >= 4 is 19.8 Å². The van der Waals surface area contributed by atoms with E-state index < -0.39 is 32.5 Å². The van der Waals surface area contributed by atoms with Gasteiger partial charge in [-0.3, -0.25) is 14.1 Å². The minimum absolute atomic E-state index is 0.206. The Labute approximate surface area is 267 Å². The fraction of sp³-hybridized carbons (Fsp3) is 0.882. The first-order valence-electron chi connectivity index (χ1n) is 17.5. The summed E-state index contributed by atoms with van der Waals surface area (Å²) in [7, 11) is -4.75. The molecule has 0 aromatic rings. The van der Waals surface area contributed by atoms with Crippen LogP contribution >= 0.6 is 7.82 Å². The summed E-state index contributed by atoms with van der Waals surface area (Å²) in [5.41, 5.74) is 0. The van der Waals surface area contributed by atoms with Crippen molar-refractivity contribution in [2.75, 3.05) is 13.2 Å². The van der Waals surface area contributed by atoms with Crippen molar-refractivity contribution < 1.29 is 42.7 Å². The van der Waals surface area contributed by atoms with E-state index in [1.807, 2.05) is 0 Å². The second kappa shape index (κ2) is 25.9. The van der Waals surface area contributed by atoms with Crippen LogP contribution in [0.25, 0.3) is 0 Å². The Hall–Kier alpha value is -1.25. The molecule has 44 heavy (non-hydrogen) atoms. The van der Waals surface area contributed by atoms with Crippen LogP contribution in [0.3, 0.4) is 0 Å². The number of hydrogen-bond acceptors (Lipinski definition) is 7. The first-order chi connectivity index (χ1) is 21.1. The molecule has 0 aliphatic carbocycles. The largest absolute Gasteiger partial charge is 0.469 e. The zero-order valence-corrected chi connectivity index (χ0v) is 28.8. The molecular weight excluding hydrogens is 583 g/mol. The number of phosphoric ester groups is 1. The molecule has 258 valence electrons. The molecule has 1 aliphatic rings. The number of unbranched alkanes of at least 4 members (excludes halogenated alkanes) is 12. The summed E-state index contributed by atoms with van der Waals surface area (Å²) in [4.78, 5) is 42.5. The molecule has 4 atom stereocenters. The van der Waals surface area contributed by atoms with Crippen LogP contribution < -0.4 is 0 Å². The summed E-state index contributed by atoms with van der Waals surface area (Å²) >= 11 is 0. The molecule has 0 aromatic carbocycles. The van der Waals surface area contributed by atoms with Crippen LogP contribution in [-0.4, -0.2) is 53.3 Å². The van der Waals surface area contributed by atoms with E-state index in [1.165, 1.54) is 51.4 Å². The van der Waals surface area contributed by atoms with E-state index in [1.54, 1.807) is 0 Å². The molecule has 1 saturated heterocycles. The van der Waals surface area contributed by atoms with Crippen LogP contribution in [-0.2, 0) is 32.9 Å². The topological polar surface area (TPSA) is 132 Å². The zero-order chi connectivity index (χ0) is 32.5. The predicted molar refractivity (Wildman–Crippen MR) is 174 cm³/mol. The Morgan fingerprint density at radius 1 is 0.795 bits per heavy atom. The first kappa shape index (κ1) is 40.8. The molecular formula is C34H63O9P. The van der Waals surface area contributed by atoms with E-state index in [0.29, 0.717) is 25.0 Å². The lowest BCUT2D eigenvalue weighted by Crippen LogP contribution is -2.29. The highest BCUT2D eigenvalue weighted by molar-refractivity contribution is 7.46. The van der Waals surface area contributed by atoms with Gasteiger partial charge in [-0.05, 0) is 44.4 Å². The van der Waals surface area contributed by atoms with Crippen LogP contribution in [0.1, 0.15) is 156 Å². The maximum absolute atomic E-state index is 12.3. The third-order valence-electron chi connectivity index (χ3n) is 8.25. The lowest BCUT2D eigenvalue weighted by Gasteiger charge is -2.18. The normalized spacial score (nSPS) is 17.9. The van der Waals surface area contributed by atoms with Crippen molar-refractivity contribution in [3.05, 3.63) is 12.2 Å². The van der Waals surface area contributed by atoms with Crippen molar-refractivity contribution in [3.8, 4) is 0 Å². The molecule has 0 bridgehead atoms. The van der Waals surface area contributed by atoms with Crippen molar-refractivity contribution in [2.45, 2.75) is 174 Å². The van der Waals surface area contributed by atoms with Gasteiger partial charge in [0, 0.05) is 12.8 Å². The molecule has 0 aromatic heterocycles. The Kier molecular flexibility index (Phi) is 24.0. The van der Waals surface area contributed by atoms with Crippen LogP contribution in [0.5, 0.6) is 0 Å². The van der Waals surface area contributed by atoms with Gasteiger partial charge >= 0.3 is 19.8 Å². The number of rotatable bonds is 30. The van der Waals surface area contributed by atoms with E-state index in [0.717, 1.165) is 63.7 Å². The molecule has 9 nitrogen and oxygen atoms in total. The molecule has 0 spiro atoms. The van der Waals surface area contributed by atoms with Gasteiger partial charge in [0.05, 0.1) is 18.8 Å². The molecule has 0 radical (unpaired) electrons. The van der Waals surface area contributed by atoms with Gasteiger partial charge in [-0.25, -0.2) is 4.57 Å². The standard InChI is InChI=1S/C34H63O9P/c1-4-6-17-23-31-32(43-31)24-19-14-9-7-8-10-15-20-25-33(35)40-27-30(28-41-44(37,38)39)42-34(36)26-21-16-12-11-13-18-22-29(3)5-2/h14,19,29-32H,4-13,15-18,20-28H2,1-3H3,(H2,37,38,39)/b19-14-/t29?,30-,31?,32?/m1/s1. The third-order valence-corrected chi connectivity index (χ3v) is 8.73. The van der Waals surface area contributed by atoms with Crippen molar-refractivity contribution in [1.82, 2.24) is 0 Å². The summed E-state index contributed by atoms with van der Waals surface area (Å²) < 4.78 is 31.9. The number of allylic oxidation sites excluding steroid dienone is 1. The Morgan fingerprint density at radius 2 is 1.43 bits per heavy atom. The van der Waals surface area contributed by atoms with Crippen LogP contribution in [0.4, 0.5) is 0 Å². The maximum Gasteiger partial charge on any atom is 0.469 e. The fourth-order valence-electron chi connectivity index (χ4n) is 5.12. The van der Waals surface area contributed by atoms with Gasteiger partial charge < -0.3 is 24.0 Å². The van der Waals surface area contributed by atoms with Gasteiger partial charge in [0.15, 0.2) is 6.10 Å². The minimum Gasteiger partial charge on any atom is -0.462 e. The minimum atomic E-state index is -4.75. The van der Waals surface area contributed by atoms with Gasteiger partial charge in [-0.2, -0.15) is 0 Å². The highest BCUT2D eigenvalue weighted by atomic mass is 31.2. The van der Waals surface area contributed by atoms with Gasteiger partial charge in [-0.15, -0.1) is 0 Å². The molecule has 2 N–H and O–H groups in total. The van der Waals surface area contributed by atoms with Gasteiger partial charge in [-0.1, -0.05) is 116 Å². The molecule has 1 heterocycles. The Morgan fingerprint density at radius 3 is 2.09 bits per heavy atom. The van der Waals surface area contributed by atoms with Crippen LogP contribution in [0, 0.1) is 5.92 Å². The Balaban J connectivity index is 2.11. The molecule has 0 amide bonds. The number of hydrogen-bond donors (Lipinski definition) is 2. The lowest BCUT2D eigenvalue weighted by molar-refractivity contribution is -0.161. The monoisotopic (exact) mass is 646 g/mol. The average Bonchev–Trinajstić information content (AvgIpc) is 3.74. The summed E-state index contributed by atoms with van der Waals surface area (Å²) in [5.74, 6) is -0.131. The second-order valence-corrected chi connectivity index (χ2v) is 13.7. The molecule has 1 fully saturated rings. The number of ether oxygens (including phenoxy) is 3. The summed E-state index contributed by atoms with van der Waals surface area (Å²) in [6.07, 6.45) is 25.5. The average molecular weight is 647 g/mol. The SMILES string of the molecule is CCCCCC1OC1C/C=C\CCCCCCCC(=O)OC[C@H](COP(=O)(O)O)OC(=O)CCCCCCCCC(C)CC. The number of carbonyl (C=O) groups is 2. The van der Waals surface area contributed by atoms with Crippen molar-refractivity contribution in [2.24, 2.45) is 5.92 Å². The summed E-state index contributed by atoms with van der Waals surface area (Å²) in [6.45, 7) is 5.89. The van der Waals surface area contributed by atoms with Crippen molar-refractivity contribution in [1.29, 1.82) is 0 Å². The molecule has 1 aliphatic heterocycles. The van der Waals surface area contributed by atoms with E-state index in [9.17, 15) is 14.2 Å². The highest BCUT2D eigenvalue weighted by Crippen LogP contribution is 2.36. The van der Waals surface area contributed by atoms with E-state index >= 15 is 0 Å². The molecule has 3 unspecified atom stereocenters. The Bertz CT molecular complexity index is 813. The summed E-state index contributed by atoms with van der Waals surface area (Å²) in [5, 5.41) is 0. The van der Waals surface area contributed by atoms with Gasteiger partial charge in [0.2, 0.25) is 0 Å². The lowest BCUT2D eigenvalue weighted by atomic mass is 10.00. The molecule has 10 heteroatoms.